The summed E-state index contributed by atoms with van der Waals surface area (Å²) in [6, 6.07) is 7.84. The second kappa shape index (κ2) is 7.54. The van der Waals surface area contributed by atoms with Gasteiger partial charge in [-0.15, -0.1) is 11.8 Å². The van der Waals surface area contributed by atoms with Crippen LogP contribution in [0.5, 0.6) is 5.75 Å². The number of nitrogens with one attached hydrogen (secondary N) is 1. The summed E-state index contributed by atoms with van der Waals surface area (Å²) in [6.45, 7) is 2.62. The topological polar surface area (TPSA) is 75.6 Å². The Morgan fingerprint density at radius 2 is 2.14 bits per heavy atom. The van der Waals surface area contributed by atoms with Gasteiger partial charge in [0.05, 0.1) is 18.9 Å². The standard InChI is InChI=1S/C16H21NO4S/c1-10(8-17-15(18)11-7-12(11)16(19)20)9-22-14-6-4-3-5-13(14)21-2/h3-6,10-12H,7-9H2,1-2H3,(H,17,18)(H,19,20). The van der Waals surface area contributed by atoms with Crippen LogP contribution in [0.1, 0.15) is 13.3 Å². The average Bonchev–Trinajstić information content (AvgIpc) is 3.31. The van der Waals surface area contributed by atoms with Gasteiger partial charge >= 0.3 is 5.97 Å². The van der Waals surface area contributed by atoms with Crippen LogP contribution in [0.15, 0.2) is 29.2 Å². The minimum absolute atomic E-state index is 0.137. The normalized spacial score (nSPS) is 21.0. The molecule has 5 nitrogen and oxygen atoms in total. The van der Waals surface area contributed by atoms with Crippen molar-refractivity contribution in [2.45, 2.75) is 18.2 Å². The van der Waals surface area contributed by atoms with Gasteiger partial charge in [-0.05, 0) is 24.5 Å². The maximum Gasteiger partial charge on any atom is 0.307 e. The third-order valence-corrected chi connectivity index (χ3v) is 5.05. The molecule has 0 saturated heterocycles. The summed E-state index contributed by atoms with van der Waals surface area (Å²) in [5, 5.41) is 11.7. The molecule has 0 heterocycles. The summed E-state index contributed by atoms with van der Waals surface area (Å²) in [7, 11) is 1.65. The highest BCUT2D eigenvalue weighted by molar-refractivity contribution is 7.99. The number of carboxylic acid groups (broad SMARTS) is 1. The van der Waals surface area contributed by atoms with Crippen LogP contribution < -0.4 is 10.1 Å². The molecule has 3 unspecified atom stereocenters. The van der Waals surface area contributed by atoms with E-state index < -0.39 is 11.9 Å². The lowest BCUT2D eigenvalue weighted by atomic mass is 10.2. The highest BCUT2D eigenvalue weighted by Gasteiger charge is 2.48. The van der Waals surface area contributed by atoms with Gasteiger partial charge in [-0.1, -0.05) is 19.1 Å². The van der Waals surface area contributed by atoms with Gasteiger partial charge in [0.2, 0.25) is 5.91 Å². The van der Waals surface area contributed by atoms with E-state index in [2.05, 4.69) is 12.2 Å². The zero-order valence-corrected chi connectivity index (χ0v) is 13.6. The Bertz CT molecular complexity index is 549. The minimum Gasteiger partial charge on any atom is -0.496 e. The smallest absolute Gasteiger partial charge is 0.307 e. The van der Waals surface area contributed by atoms with Gasteiger partial charge in [0.25, 0.3) is 0 Å². The molecule has 120 valence electrons. The van der Waals surface area contributed by atoms with Crippen molar-refractivity contribution < 1.29 is 19.4 Å². The molecular weight excluding hydrogens is 302 g/mol. The van der Waals surface area contributed by atoms with Gasteiger partial charge in [0.1, 0.15) is 5.75 Å². The Labute approximate surface area is 134 Å². The molecule has 2 rings (SSSR count). The van der Waals surface area contributed by atoms with E-state index in [1.54, 1.807) is 18.9 Å². The minimum atomic E-state index is -0.875. The van der Waals surface area contributed by atoms with E-state index >= 15 is 0 Å². The van der Waals surface area contributed by atoms with Crippen molar-refractivity contribution in [3.8, 4) is 5.75 Å². The molecule has 1 amide bonds. The molecule has 1 fully saturated rings. The van der Waals surface area contributed by atoms with Crippen molar-refractivity contribution in [1.82, 2.24) is 5.32 Å². The van der Waals surface area contributed by atoms with Crippen LogP contribution in [0.3, 0.4) is 0 Å². The number of methoxy groups -OCH3 is 1. The van der Waals surface area contributed by atoms with Crippen LogP contribution >= 0.6 is 11.8 Å². The molecule has 3 atom stereocenters. The van der Waals surface area contributed by atoms with Gasteiger partial charge in [-0.25, -0.2) is 0 Å². The third-order valence-electron chi connectivity index (χ3n) is 3.66. The maximum atomic E-state index is 11.8. The van der Waals surface area contributed by atoms with Crippen LogP contribution in [-0.2, 0) is 9.59 Å². The number of hydrogen-bond acceptors (Lipinski definition) is 4. The number of aliphatic carboxylic acids is 1. The van der Waals surface area contributed by atoms with E-state index in [9.17, 15) is 9.59 Å². The molecule has 6 heteroatoms. The number of carbonyl (C=O) groups is 2. The number of hydrogen-bond donors (Lipinski definition) is 2. The highest BCUT2D eigenvalue weighted by Crippen LogP contribution is 2.38. The van der Waals surface area contributed by atoms with Crippen molar-refractivity contribution in [1.29, 1.82) is 0 Å². The third kappa shape index (κ3) is 4.40. The van der Waals surface area contributed by atoms with Gasteiger partial charge in [0, 0.05) is 17.2 Å². The van der Waals surface area contributed by atoms with Crippen molar-refractivity contribution >= 4 is 23.6 Å². The molecule has 2 N–H and O–H groups in total. The molecule has 1 aliphatic rings. The number of carboxylic acids is 1. The summed E-state index contributed by atoms with van der Waals surface area (Å²) in [4.78, 5) is 23.6. The van der Waals surface area contributed by atoms with E-state index in [1.165, 1.54) is 0 Å². The molecule has 0 spiro atoms. The number of thioether (sulfide) groups is 1. The quantitative estimate of drug-likeness (QED) is 0.718. The van der Waals surface area contributed by atoms with Crippen molar-refractivity contribution in [3.63, 3.8) is 0 Å². The van der Waals surface area contributed by atoms with Gasteiger partial charge in [-0.2, -0.15) is 0 Å². The van der Waals surface area contributed by atoms with E-state index in [0.29, 0.717) is 18.9 Å². The molecule has 1 aliphatic carbocycles. The van der Waals surface area contributed by atoms with E-state index in [0.717, 1.165) is 16.4 Å². The number of para-hydroxylation sites is 1. The lowest BCUT2D eigenvalue weighted by Crippen LogP contribution is -2.31. The Morgan fingerprint density at radius 1 is 1.41 bits per heavy atom. The fraction of sp³-hybridized carbons (Fsp3) is 0.500. The van der Waals surface area contributed by atoms with Gasteiger partial charge < -0.3 is 15.2 Å². The molecule has 1 aromatic carbocycles. The largest absolute Gasteiger partial charge is 0.496 e. The van der Waals surface area contributed by atoms with E-state index in [4.69, 9.17) is 9.84 Å². The van der Waals surface area contributed by atoms with Gasteiger partial charge in [-0.3, -0.25) is 9.59 Å². The Balaban J connectivity index is 1.71. The van der Waals surface area contributed by atoms with Crippen LogP contribution in [0, 0.1) is 17.8 Å². The van der Waals surface area contributed by atoms with Crippen LogP contribution in [-0.4, -0.2) is 36.4 Å². The number of rotatable bonds is 8. The Hall–Kier alpha value is -1.69. The zero-order valence-electron chi connectivity index (χ0n) is 12.7. The molecule has 0 aromatic heterocycles. The molecular formula is C16H21NO4S. The fourth-order valence-corrected chi connectivity index (χ4v) is 3.24. The predicted octanol–water partition coefficient (Wildman–Crippen LogP) is 2.26. The molecule has 0 bridgehead atoms. The first kappa shape index (κ1) is 16.7. The lowest BCUT2D eigenvalue weighted by Gasteiger charge is -2.13. The molecule has 0 radical (unpaired) electrons. The maximum absolute atomic E-state index is 11.8. The van der Waals surface area contributed by atoms with Crippen molar-refractivity contribution in [2.24, 2.45) is 17.8 Å². The first-order chi connectivity index (χ1) is 10.5. The second-order valence-corrected chi connectivity index (χ2v) is 6.66. The monoisotopic (exact) mass is 323 g/mol. The number of benzene rings is 1. The SMILES string of the molecule is COc1ccccc1SCC(C)CNC(=O)C1CC1C(=O)O. The van der Waals surface area contributed by atoms with Crippen molar-refractivity contribution in [3.05, 3.63) is 24.3 Å². The Kier molecular flexibility index (Phi) is 5.71. The molecule has 1 saturated carbocycles. The fourth-order valence-electron chi connectivity index (χ4n) is 2.19. The summed E-state index contributed by atoms with van der Waals surface area (Å²) in [5.74, 6) is 0.159. The van der Waals surface area contributed by atoms with Crippen molar-refractivity contribution in [2.75, 3.05) is 19.4 Å². The lowest BCUT2D eigenvalue weighted by molar-refractivity contribution is -0.140. The van der Waals surface area contributed by atoms with Crippen LogP contribution in [0.25, 0.3) is 0 Å². The molecule has 1 aromatic rings. The summed E-state index contributed by atoms with van der Waals surface area (Å²) in [6.07, 6.45) is 0.464. The first-order valence-electron chi connectivity index (χ1n) is 7.29. The first-order valence-corrected chi connectivity index (χ1v) is 8.27. The number of ether oxygens (including phenoxy) is 1. The van der Waals surface area contributed by atoms with Gasteiger partial charge in [0.15, 0.2) is 0 Å². The van der Waals surface area contributed by atoms with E-state index in [-0.39, 0.29) is 11.8 Å². The zero-order chi connectivity index (χ0) is 16.1. The van der Waals surface area contributed by atoms with E-state index in [1.807, 2.05) is 24.3 Å². The predicted molar refractivity (Wildman–Crippen MR) is 85.1 cm³/mol. The molecule has 0 aliphatic heterocycles. The summed E-state index contributed by atoms with van der Waals surface area (Å²) >= 11 is 1.69. The summed E-state index contributed by atoms with van der Waals surface area (Å²) < 4.78 is 5.30. The number of amides is 1. The second-order valence-electron chi connectivity index (χ2n) is 5.60. The van der Waals surface area contributed by atoms with Crippen LogP contribution in [0.2, 0.25) is 0 Å². The summed E-state index contributed by atoms with van der Waals surface area (Å²) in [5.41, 5.74) is 0. The van der Waals surface area contributed by atoms with Crippen LogP contribution in [0.4, 0.5) is 0 Å². The molecule has 22 heavy (non-hydrogen) atoms. The average molecular weight is 323 g/mol. The highest BCUT2D eigenvalue weighted by atomic mass is 32.2. The number of carbonyl (C=O) groups excluding carboxylic acids is 1. The Morgan fingerprint density at radius 3 is 2.77 bits per heavy atom.